The van der Waals surface area contributed by atoms with Crippen molar-refractivity contribution >= 4 is 40.6 Å². The van der Waals surface area contributed by atoms with Gasteiger partial charge in [0.15, 0.2) is 11.5 Å². The van der Waals surface area contributed by atoms with Crippen LogP contribution in [0, 0.1) is 11.3 Å². The number of nitrogens with one attached hydrogen (secondary N) is 1. The predicted molar refractivity (Wildman–Crippen MR) is 104 cm³/mol. The van der Waals surface area contributed by atoms with E-state index >= 15 is 0 Å². The number of allylic oxidation sites excluding steroid dienone is 1. The Bertz CT molecular complexity index is 1100. The molecule has 142 valence electrons. The van der Waals surface area contributed by atoms with Crippen molar-refractivity contribution in [2.24, 2.45) is 5.10 Å². The van der Waals surface area contributed by atoms with E-state index in [2.05, 4.69) is 22.1 Å². The Hall–Kier alpha value is -3.35. The number of nitrogens with zero attached hydrogens (tertiary/aromatic N) is 5. The first-order chi connectivity index (χ1) is 13.3. The summed E-state index contributed by atoms with van der Waals surface area (Å²) in [7, 11) is 0. The Labute approximate surface area is 169 Å². The first kappa shape index (κ1) is 19.4. The van der Waals surface area contributed by atoms with E-state index < -0.39 is 6.03 Å². The van der Waals surface area contributed by atoms with Gasteiger partial charge in [-0.15, -0.1) is 5.10 Å². The van der Waals surface area contributed by atoms with Crippen molar-refractivity contribution in [3.63, 3.8) is 0 Å². The van der Waals surface area contributed by atoms with Crippen molar-refractivity contribution in [1.29, 1.82) is 5.26 Å². The van der Waals surface area contributed by atoms with Gasteiger partial charge >= 0.3 is 6.03 Å². The van der Waals surface area contributed by atoms with Gasteiger partial charge in [-0.25, -0.2) is 9.48 Å². The van der Waals surface area contributed by atoms with E-state index in [0.29, 0.717) is 6.54 Å². The molecule has 0 atom stereocenters. The molecule has 0 saturated carbocycles. The van der Waals surface area contributed by atoms with Crippen LogP contribution >= 0.6 is 23.2 Å². The van der Waals surface area contributed by atoms with Crippen molar-refractivity contribution in [2.75, 3.05) is 5.01 Å². The minimum Gasteiger partial charge on any atom is -0.434 e. The number of benzene rings is 1. The molecule has 0 bridgehead atoms. The summed E-state index contributed by atoms with van der Waals surface area (Å²) >= 11 is 12.5. The Kier molecular flexibility index (Phi) is 5.35. The molecular weight excluding hydrogens is 407 g/mol. The number of nitriles is 1. The average Bonchev–Trinajstić information content (AvgIpc) is 2.66. The summed E-state index contributed by atoms with van der Waals surface area (Å²) in [5.41, 5.74) is -0.0194. The van der Waals surface area contributed by atoms with E-state index in [1.807, 2.05) is 6.07 Å². The topological polar surface area (TPSA) is 113 Å². The molecule has 0 unspecified atom stereocenters. The van der Waals surface area contributed by atoms with Crippen LogP contribution < -0.4 is 20.6 Å². The molecule has 1 aliphatic heterocycles. The summed E-state index contributed by atoms with van der Waals surface area (Å²) in [6, 6.07) is 6.70. The van der Waals surface area contributed by atoms with Crippen LogP contribution in [0.4, 0.5) is 10.5 Å². The molecule has 0 aliphatic carbocycles. The quantitative estimate of drug-likeness (QED) is 0.817. The van der Waals surface area contributed by atoms with Crippen LogP contribution in [0.25, 0.3) is 0 Å². The van der Waals surface area contributed by atoms with Gasteiger partial charge in [-0.3, -0.25) is 4.79 Å². The third-order valence-electron chi connectivity index (χ3n) is 3.62. The second-order valence-corrected chi connectivity index (χ2v) is 6.26. The molecule has 2 aromatic rings. The van der Waals surface area contributed by atoms with Gasteiger partial charge in [0.2, 0.25) is 5.88 Å². The van der Waals surface area contributed by atoms with E-state index in [4.69, 9.17) is 33.2 Å². The number of hydrazone groups is 1. The molecule has 2 amide bonds. The minimum absolute atomic E-state index is 0.0572. The SMILES string of the molecule is C=C1NC(=O)N(c2cc(Cl)c(Oc3ccc(=O)n(CC)n3)c(Cl)c2)N=C1C#N. The number of aromatic nitrogens is 2. The molecule has 0 saturated heterocycles. The Morgan fingerprint density at radius 1 is 1.29 bits per heavy atom. The lowest BCUT2D eigenvalue weighted by Gasteiger charge is -2.24. The molecule has 11 heteroatoms. The van der Waals surface area contributed by atoms with Crippen LogP contribution in [0.5, 0.6) is 11.6 Å². The maximum atomic E-state index is 12.1. The number of halogens is 2. The highest BCUT2D eigenvalue weighted by Gasteiger charge is 2.26. The fraction of sp³-hybridized carbons (Fsp3) is 0.118. The Morgan fingerprint density at radius 2 is 1.96 bits per heavy atom. The lowest BCUT2D eigenvalue weighted by atomic mass is 10.2. The highest BCUT2D eigenvalue weighted by molar-refractivity contribution is 6.37. The number of rotatable bonds is 4. The van der Waals surface area contributed by atoms with Crippen LogP contribution in [0.3, 0.4) is 0 Å². The second-order valence-electron chi connectivity index (χ2n) is 5.45. The molecule has 0 fully saturated rings. The Balaban J connectivity index is 1.97. The maximum Gasteiger partial charge on any atom is 0.347 e. The zero-order valence-corrected chi connectivity index (χ0v) is 16.0. The van der Waals surface area contributed by atoms with E-state index in [0.717, 1.165) is 5.01 Å². The number of amides is 2. The molecule has 0 spiro atoms. The summed E-state index contributed by atoms with van der Waals surface area (Å²) in [6.07, 6.45) is 0. The smallest absolute Gasteiger partial charge is 0.347 e. The van der Waals surface area contributed by atoms with Crippen molar-refractivity contribution < 1.29 is 9.53 Å². The number of urea groups is 1. The number of aryl methyl sites for hydroxylation is 1. The van der Waals surface area contributed by atoms with Gasteiger partial charge in [0.25, 0.3) is 5.56 Å². The van der Waals surface area contributed by atoms with Gasteiger partial charge in [-0.1, -0.05) is 29.8 Å². The van der Waals surface area contributed by atoms with Crippen LogP contribution in [0.1, 0.15) is 6.92 Å². The molecule has 1 aromatic heterocycles. The third kappa shape index (κ3) is 3.69. The molecule has 3 rings (SSSR count). The number of hydrogen-bond donors (Lipinski definition) is 1. The summed E-state index contributed by atoms with van der Waals surface area (Å²) in [6.45, 7) is 5.68. The van der Waals surface area contributed by atoms with Crippen LogP contribution in [-0.4, -0.2) is 21.5 Å². The van der Waals surface area contributed by atoms with Gasteiger partial charge in [-0.2, -0.15) is 15.4 Å². The van der Waals surface area contributed by atoms with Crippen molar-refractivity contribution in [3.8, 4) is 17.7 Å². The van der Waals surface area contributed by atoms with E-state index in [9.17, 15) is 9.59 Å². The number of carbonyl (C=O) groups excluding carboxylic acids is 1. The summed E-state index contributed by atoms with van der Waals surface area (Å²) in [4.78, 5) is 23.8. The summed E-state index contributed by atoms with van der Waals surface area (Å²) < 4.78 is 6.83. The molecule has 0 radical (unpaired) electrons. The lowest BCUT2D eigenvalue weighted by Crippen LogP contribution is -2.42. The average molecular weight is 419 g/mol. The molecule has 1 N–H and O–H groups in total. The fourth-order valence-corrected chi connectivity index (χ4v) is 2.85. The van der Waals surface area contributed by atoms with Crippen molar-refractivity contribution in [2.45, 2.75) is 13.5 Å². The number of hydrogen-bond acceptors (Lipinski definition) is 6. The summed E-state index contributed by atoms with van der Waals surface area (Å²) in [5, 5.41) is 20.5. The zero-order chi connectivity index (χ0) is 20.4. The van der Waals surface area contributed by atoms with Crippen LogP contribution in [0.15, 0.2) is 46.4 Å². The normalized spacial score (nSPS) is 13.6. The molecule has 28 heavy (non-hydrogen) atoms. The van der Waals surface area contributed by atoms with E-state index in [1.165, 1.54) is 28.9 Å². The van der Waals surface area contributed by atoms with Crippen molar-refractivity contribution in [3.05, 3.63) is 56.9 Å². The first-order valence-corrected chi connectivity index (χ1v) is 8.63. The highest BCUT2D eigenvalue weighted by atomic mass is 35.5. The number of anilines is 1. The Morgan fingerprint density at radius 3 is 2.57 bits per heavy atom. The standard InChI is InChI=1S/C17H12Cl2N6O3/c1-3-24-15(26)5-4-14(23-24)28-16-11(18)6-10(7-12(16)19)25-17(27)21-9(2)13(8-20)22-25/h4-7H,2-3H2,1H3,(H,21,27). The largest absolute Gasteiger partial charge is 0.434 e. The third-order valence-corrected chi connectivity index (χ3v) is 4.18. The highest BCUT2D eigenvalue weighted by Crippen LogP contribution is 2.39. The van der Waals surface area contributed by atoms with Gasteiger partial charge in [0.1, 0.15) is 6.07 Å². The van der Waals surface area contributed by atoms with E-state index in [1.54, 1.807) is 6.92 Å². The van der Waals surface area contributed by atoms with Crippen LogP contribution in [-0.2, 0) is 6.54 Å². The number of ether oxygens (including phenoxy) is 1. The molecule has 2 heterocycles. The number of carbonyl (C=O) groups is 1. The molecule has 9 nitrogen and oxygen atoms in total. The van der Waals surface area contributed by atoms with Crippen molar-refractivity contribution in [1.82, 2.24) is 15.1 Å². The summed E-state index contributed by atoms with van der Waals surface area (Å²) in [5.74, 6) is 0.210. The second kappa shape index (κ2) is 7.72. The van der Waals surface area contributed by atoms with Crippen LogP contribution in [0.2, 0.25) is 10.0 Å². The molecule has 1 aliphatic rings. The predicted octanol–water partition coefficient (Wildman–Crippen LogP) is 3.29. The zero-order valence-electron chi connectivity index (χ0n) is 14.4. The monoisotopic (exact) mass is 418 g/mol. The lowest BCUT2D eigenvalue weighted by molar-refractivity contribution is 0.248. The molecule has 1 aromatic carbocycles. The fourth-order valence-electron chi connectivity index (χ4n) is 2.29. The minimum atomic E-state index is -0.624. The van der Waals surface area contributed by atoms with Gasteiger partial charge in [0, 0.05) is 18.7 Å². The van der Waals surface area contributed by atoms with Gasteiger partial charge in [-0.05, 0) is 19.1 Å². The van der Waals surface area contributed by atoms with E-state index in [-0.39, 0.29) is 44.3 Å². The maximum absolute atomic E-state index is 12.1. The van der Waals surface area contributed by atoms with Gasteiger partial charge in [0.05, 0.1) is 21.4 Å². The first-order valence-electron chi connectivity index (χ1n) is 7.88. The van der Waals surface area contributed by atoms with Gasteiger partial charge < -0.3 is 10.1 Å². The molecular formula is C17H12Cl2N6O3.